The first-order chi connectivity index (χ1) is 9.47. The third-order valence-corrected chi connectivity index (χ3v) is 3.36. The molecule has 0 amide bonds. The van der Waals surface area contributed by atoms with E-state index in [2.05, 4.69) is 10.3 Å². The first kappa shape index (κ1) is 14.2. The van der Waals surface area contributed by atoms with Crippen LogP contribution < -0.4 is 5.32 Å². The van der Waals surface area contributed by atoms with Gasteiger partial charge in [-0.1, -0.05) is 0 Å². The molecule has 3 N–H and O–H groups in total. The van der Waals surface area contributed by atoms with Crippen molar-refractivity contribution >= 4 is 17.5 Å². The van der Waals surface area contributed by atoms with Crippen LogP contribution in [-0.2, 0) is 0 Å². The van der Waals surface area contributed by atoms with E-state index < -0.39 is 10.9 Å². The molecule has 0 bridgehead atoms. The number of anilines is 1. The van der Waals surface area contributed by atoms with Gasteiger partial charge >= 0.3 is 11.7 Å². The predicted octanol–water partition coefficient (Wildman–Crippen LogP) is 1.26. The van der Waals surface area contributed by atoms with Crippen molar-refractivity contribution in [3.05, 3.63) is 27.9 Å². The summed E-state index contributed by atoms with van der Waals surface area (Å²) >= 11 is 0. The molecule has 0 spiro atoms. The summed E-state index contributed by atoms with van der Waals surface area (Å²) < 4.78 is 0. The summed E-state index contributed by atoms with van der Waals surface area (Å²) in [6, 6.07) is 2.23. The Morgan fingerprint density at radius 3 is 2.80 bits per heavy atom. The molecule has 0 aliphatic heterocycles. The molecule has 2 atom stereocenters. The highest BCUT2D eigenvalue weighted by atomic mass is 16.6. The quantitative estimate of drug-likeness (QED) is 0.547. The van der Waals surface area contributed by atoms with E-state index in [-0.39, 0.29) is 29.2 Å². The van der Waals surface area contributed by atoms with Crippen LogP contribution in [0.2, 0.25) is 0 Å². The lowest BCUT2D eigenvalue weighted by molar-refractivity contribution is -0.384. The Morgan fingerprint density at radius 2 is 2.25 bits per heavy atom. The lowest BCUT2D eigenvalue weighted by Crippen LogP contribution is -2.15. The van der Waals surface area contributed by atoms with Crippen LogP contribution in [0.4, 0.5) is 11.5 Å². The van der Waals surface area contributed by atoms with Crippen LogP contribution in [0.15, 0.2) is 12.1 Å². The number of rotatable bonds is 5. The third kappa shape index (κ3) is 3.21. The topological polar surface area (TPSA) is 126 Å². The lowest BCUT2D eigenvalue weighted by Gasteiger charge is -2.11. The molecule has 0 radical (unpaired) electrons. The molecule has 2 unspecified atom stereocenters. The number of nitro groups is 1. The van der Waals surface area contributed by atoms with Crippen molar-refractivity contribution < 1.29 is 19.9 Å². The average Bonchev–Trinajstić information content (AvgIpc) is 2.81. The van der Waals surface area contributed by atoms with Crippen LogP contribution in [0.1, 0.15) is 29.8 Å². The first-order valence-electron chi connectivity index (χ1n) is 6.28. The van der Waals surface area contributed by atoms with E-state index in [1.807, 2.05) is 0 Å². The number of nitrogens with zero attached hydrogens (tertiary/aromatic N) is 2. The second kappa shape index (κ2) is 5.83. The molecule has 1 aliphatic rings. The molecule has 1 aliphatic carbocycles. The van der Waals surface area contributed by atoms with Crippen molar-refractivity contribution in [2.24, 2.45) is 5.92 Å². The Kier molecular flexibility index (Phi) is 4.14. The smallest absolute Gasteiger partial charge is 0.354 e. The Hall–Kier alpha value is -2.22. The minimum absolute atomic E-state index is 0.0451. The number of nitrogens with one attached hydrogen (secondary N) is 1. The number of hydrogen-bond acceptors (Lipinski definition) is 6. The highest BCUT2D eigenvalue weighted by molar-refractivity contribution is 5.86. The maximum Gasteiger partial charge on any atom is 0.354 e. The molecule has 8 nitrogen and oxygen atoms in total. The van der Waals surface area contributed by atoms with Gasteiger partial charge in [0.2, 0.25) is 5.82 Å². The van der Waals surface area contributed by atoms with Gasteiger partial charge in [-0.15, -0.1) is 0 Å². The Morgan fingerprint density at radius 1 is 1.50 bits per heavy atom. The van der Waals surface area contributed by atoms with Gasteiger partial charge < -0.3 is 15.5 Å². The zero-order valence-corrected chi connectivity index (χ0v) is 10.7. The van der Waals surface area contributed by atoms with Crippen molar-refractivity contribution in [2.45, 2.75) is 25.4 Å². The number of pyridine rings is 1. The molecule has 8 heteroatoms. The molecule has 1 fully saturated rings. The van der Waals surface area contributed by atoms with Gasteiger partial charge in [0.15, 0.2) is 5.69 Å². The van der Waals surface area contributed by atoms with Crippen LogP contribution >= 0.6 is 0 Å². The molecule has 108 valence electrons. The number of aromatic nitrogens is 1. The van der Waals surface area contributed by atoms with Gasteiger partial charge in [0.25, 0.3) is 0 Å². The standard InChI is InChI=1S/C12H15N3O5/c16-8-2-1-7(5-8)6-13-11-10(15(19)20)4-3-9(14-11)12(17)18/h3-4,7-8,16H,1-2,5-6H2,(H,13,14)(H,17,18). The normalized spacial score (nSPS) is 21.6. The molecule has 1 aromatic heterocycles. The summed E-state index contributed by atoms with van der Waals surface area (Å²) in [5.74, 6) is -1.07. The number of aliphatic hydroxyl groups is 1. The average molecular weight is 281 g/mol. The van der Waals surface area contributed by atoms with Gasteiger partial charge in [-0.25, -0.2) is 9.78 Å². The molecule has 1 aromatic rings. The highest BCUT2D eigenvalue weighted by Gasteiger charge is 2.24. The Labute approximate surface area is 114 Å². The predicted molar refractivity (Wildman–Crippen MR) is 69.7 cm³/mol. The minimum Gasteiger partial charge on any atom is -0.477 e. The Bertz CT molecular complexity index is 534. The van der Waals surface area contributed by atoms with E-state index >= 15 is 0 Å². The molecule has 2 rings (SSSR count). The minimum atomic E-state index is -1.24. The van der Waals surface area contributed by atoms with Gasteiger partial charge in [-0.2, -0.15) is 0 Å². The van der Waals surface area contributed by atoms with Crippen LogP contribution in [0.5, 0.6) is 0 Å². The zero-order chi connectivity index (χ0) is 14.7. The summed E-state index contributed by atoms with van der Waals surface area (Å²) in [5.41, 5.74) is -0.502. The molecular weight excluding hydrogens is 266 g/mol. The molecule has 1 heterocycles. The fraction of sp³-hybridized carbons (Fsp3) is 0.500. The number of hydrogen-bond donors (Lipinski definition) is 3. The fourth-order valence-electron chi connectivity index (χ4n) is 2.32. The summed E-state index contributed by atoms with van der Waals surface area (Å²) in [7, 11) is 0. The summed E-state index contributed by atoms with van der Waals surface area (Å²) in [4.78, 5) is 24.9. The molecular formula is C12H15N3O5. The number of aliphatic hydroxyl groups excluding tert-OH is 1. The molecule has 1 saturated carbocycles. The maximum absolute atomic E-state index is 10.9. The highest BCUT2D eigenvalue weighted by Crippen LogP contribution is 2.27. The Balaban J connectivity index is 2.13. The monoisotopic (exact) mass is 281 g/mol. The van der Waals surface area contributed by atoms with Crippen LogP contribution in [0.3, 0.4) is 0 Å². The van der Waals surface area contributed by atoms with E-state index in [1.165, 1.54) is 0 Å². The second-order valence-corrected chi connectivity index (χ2v) is 4.84. The van der Waals surface area contributed by atoms with Crippen LogP contribution in [0.25, 0.3) is 0 Å². The molecule has 0 saturated heterocycles. The van der Waals surface area contributed by atoms with Gasteiger partial charge in [-0.3, -0.25) is 10.1 Å². The van der Waals surface area contributed by atoms with Crippen molar-refractivity contribution in [1.82, 2.24) is 4.98 Å². The van der Waals surface area contributed by atoms with Crippen molar-refractivity contribution in [1.29, 1.82) is 0 Å². The van der Waals surface area contributed by atoms with E-state index in [0.717, 1.165) is 25.0 Å². The van der Waals surface area contributed by atoms with Crippen molar-refractivity contribution in [2.75, 3.05) is 11.9 Å². The van der Waals surface area contributed by atoms with Gasteiger partial charge in [-0.05, 0) is 31.2 Å². The number of carboxylic acids is 1. The lowest BCUT2D eigenvalue weighted by atomic mass is 10.1. The summed E-state index contributed by atoms with van der Waals surface area (Å²) in [5, 5.41) is 32.0. The third-order valence-electron chi connectivity index (χ3n) is 3.36. The maximum atomic E-state index is 10.9. The van der Waals surface area contributed by atoms with E-state index in [0.29, 0.717) is 13.0 Å². The van der Waals surface area contributed by atoms with E-state index in [4.69, 9.17) is 5.11 Å². The number of aromatic carboxylic acids is 1. The van der Waals surface area contributed by atoms with Gasteiger partial charge in [0, 0.05) is 12.6 Å². The van der Waals surface area contributed by atoms with Gasteiger partial charge in [0.1, 0.15) is 0 Å². The number of carbonyl (C=O) groups is 1. The fourth-order valence-corrected chi connectivity index (χ4v) is 2.32. The second-order valence-electron chi connectivity index (χ2n) is 4.84. The first-order valence-corrected chi connectivity index (χ1v) is 6.28. The van der Waals surface area contributed by atoms with Crippen LogP contribution in [0, 0.1) is 16.0 Å². The van der Waals surface area contributed by atoms with Crippen molar-refractivity contribution in [3.8, 4) is 0 Å². The molecule has 20 heavy (non-hydrogen) atoms. The van der Waals surface area contributed by atoms with E-state index in [9.17, 15) is 20.0 Å². The number of carboxylic acid groups (broad SMARTS) is 1. The SMILES string of the molecule is O=C(O)c1ccc([N+](=O)[O-])c(NCC2CCC(O)C2)n1. The zero-order valence-electron chi connectivity index (χ0n) is 10.7. The largest absolute Gasteiger partial charge is 0.477 e. The van der Waals surface area contributed by atoms with E-state index in [1.54, 1.807) is 0 Å². The van der Waals surface area contributed by atoms with Crippen molar-refractivity contribution in [3.63, 3.8) is 0 Å². The summed E-state index contributed by atoms with van der Waals surface area (Å²) in [6.45, 7) is 0.425. The summed E-state index contributed by atoms with van der Waals surface area (Å²) in [6.07, 6.45) is 1.87. The van der Waals surface area contributed by atoms with Gasteiger partial charge in [0.05, 0.1) is 11.0 Å². The molecule has 0 aromatic carbocycles. The van der Waals surface area contributed by atoms with Crippen LogP contribution in [-0.4, -0.2) is 38.7 Å².